The first-order valence-electron chi connectivity index (χ1n) is 12.5. The fraction of sp³-hybridized carbons (Fsp3) is 0.233. The van der Waals surface area contributed by atoms with Gasteiger partial charge in [0.1, 0.15) is 22.9 Å². The van der Waals surface area contributed by atoms with E-state index in [1.807, 2.05) is 85.8 Å². The van der Waals surface area contributed by atoms with Crippen molar-refractivity contribution in [3.63, 3.8) is 0 Å². The number of benzene rings is 3. The zero-order valence-electron chi connectivity index (χ0n) is 20.9. The Hall–Kier alpha value is -4.04. The molecule has 1 saturated heterocycles. The number of hydrogen-bond acceptors (Lipinski definition) is 6. The van der Waals surface area contributed by atoms with Gasteiger partial charge in [-0.3, -0.25) is 14.5 Å². The van der Waals surface area contributed by atoms with Crippen molar-refractivity contribution >= 4 is 29.5 Å². The second kappa shape index (κ2) is 11.6. The standard InChI is InChI=1S/C30H28N2O5S/c1-2-20-19-38-29-25(31-24(33)18-36-23-16-10-5-11-17-23)28(34)32(29)26(20)30(35)37-27(21-12-6-3-7-13-21)22-14-8-4-9-15-22/h3-17,25,27,29H,2,18-19H2,1H3,(H,31,33)/t25-,29-/m1/s1. The third-order valence-electron chi connectivity index (χ3n) is 6.53. The van der Waals surface area contributed by atoms with Crippen LogP contribution < -0.4 is 10.1 Å². The summed E-state index contributed by atoms with van der Waals surface area (Å²) < 4.78 is 11.6. The van der Waals surface area contributed by atoms with Gasteiger partial charge in [-0.15, -0.1) is 11.8 Å². The number of para-hydroxylation sites is 1. The highest BCUT2D eigenvalue weighted by atomic mass is 32.2. The first-order chi connectivity index (χ1) is 18.6. The fourth-order valence-corrected chi connectivity index (χ4v) is 6.02. The van der Waals surface area contributed by atoms with Crippen molar-refractivity contribution in [3.8, 4) is 5.75 Å². The van der Waals surface area contributed by atoms with Crippen LogP contribution in [0.4, 0.5) is 0 Å². The molecule has 2 heterocycles. The SMILES string of the molecule is CCC1=C(C(=O)OC(c2ccccc2)c2ccccc2)N2C(=O)[C@@H](NC(=O)COc3ccccc3)[C@H]2SC1. The van der Waals surface area contributed by atoms with Crippen LogP contribution in [0.25, 0.3) is 0 Å². The summed E-state index contributed by atoms with van der Waals surface area (Å²) in [6.45, 7) is 1.76. The molecule has 2 aliphatic rings. The molecule has 38 heavy (non-hydrogen) atoms. The largest absolute Gasteiger partial charge is 0.484 e. The fourth-order valence-electron chi connectivity index (χ4n) is 4.57. The van der Waals surface area contributed by atoms with Crippen molar-refractivity contribution in [1.29, 1.82) is 0 Å². The van der Waals surface area contributed by atoms with Crippen molar-refractivity contribution in [1.82, 2.24) is 10.2 Å². The number of carbonyl (C=O) groups excluding carboxylic acids is 3. The molecule has 2 amide bonds. The van der Waals surface area contributed by atoms with Crippen molar-refractivity contribution in [2.75, 3.05) is 12.4 Å². The maximum atomic E-state index is 13.7. The minimum Gasteiger partial charge on any atom is -0.484 e. The van der Waals surface area contributed by atoms with E-state index in [1.165, 1.54) is 16.7 Å². The highest BCUT2D eigenvalue weighted by Gasteiger charge is 2.54. The van der Waals surface area contributed by atoms with Gasteiger partial charge >= 0.3 is 5.97 Å². The van der Waals surface area contributed by atoms with E-state index >= 15 is 0 Å². The molecule has 0 aromatic heterocycles. The Morgan fingerprint density at radius 1 is 0.947 bits per heavy atom. The molecular formula is C30H28N2O5S. The van der Waals surface area contributed by atoms with Crippen molar-refractivity contribution in [3.05, 3.63) is 113 Å². The quantitative estimate of drug-likeness (QED) is 0.326. The summed E-state index contributed by atoms with van der Waals surface area (Å²) in [4.78, 5) is 40.9. The highest BCUT2D eigenvalue weighted by molar-refractivity contribution is 8.00. The van der Waals surface area contributed by atoms with Gasteiger partial charge in [0.2, 0.25) is 0 Å². The molecule has 0 bridgehead atoms. The molecule has 1 N–H and O–H groups in total. The van der Waals surface area contributed by atoms with Gasteiger partial charge in [-0.05, 0) is 35.3 Å². The molecule has 2 atom stereocenters. The van der Waals surface area contributed by atoms with E-state index in [4.69, 9.17) is 9.47 Å². The van der Waals surface area contributed by atoms with Gasteiger partial charge in [0.15, 0.2) is 12.7 Å². The van der Waals surface area contributed by atoms with E-state index in [1.54, 1.807) is 12.1 Å². The smallest absolute Gasteiger partial charge is 0.356 e. The average molecular weight is 529 g/mol. The third-order valence-corrected chi connectivity index (χ3v) is 7.87. The molecular weight excluding hydrogens is 500 g/mol. The molecule has 0 aliphatic carbocycles. The summed E-state index contributed by atoms with van der Waals surface area (Å²) in [5, 5.41) is 2.39. The number of carbonyl (C=O) groups is 3. The normalized spacial score (nSPS) is 18.5. The van der Waals surface area contributed by atoms with Crippen LogP contribution in [-0.4, -0.2) is 46.5 Å². The monoisotopic (exact) mass is 528 g/mol. The maximum Gasteiger partial charge on any atom is 0.356 e. The maximum absolute atomic E-state index is 13.7. The number of esters is 1. The predicted octanol–water partition coefficient (Wildman–Crippen LogP) is 4.46. The first kappa shape index (κ1) is 25.6. The molecule has 8 heteroatoms. The lowest BCUT2D eigenvalue weighted by molar-refractivity contribution is -0.154. The van der Waals surface area contributed by atoms with E-state index < -0.39 is 24.0 Å². The summed E-state index contributed by atoms with van der Waals surface area (Å²) in [5.41, 5.74) is 2.81. The van der Waals surface area contributed by atoms with Crippen molar-refractivity contribution in [2.24, 2.45) is 0 Å². The summed E-state index contributed by atoms with van der Waals surface area (Å²) in [7, 11) is 0. The summed E-state index contributed by atoms with van der Waals surface area (Å²) in [6.07, 6.45) is -0.0115. The Bertz CT molecular complexity index is 1290. The summed E-state index contributed by atoms with van der Waals surface area (Å²) >= 11 is 1.53. The zero-order chi connectivity index (χ0) is 26.5. The summed E-state index contributed by atoms with van der Waals surface area (Å²) in [5.74, 6) is -0.123. The lowest BCUT2D eigenvalue weighted by Gasteiger charge is -2.49. The molecule has 0 saturated carbocycles. The Kier molecular flexibility index (Phi) is 7.79. The summed E-state index contributed by atoms with van der Waals surface area (Å²) in [6, 6.07) is 27.4. The molecule has 3 aromatic carbocycles. The zero-order valence-corrected chi connectivity index (χ0v) is 21.7. The van der Waals surface area contributed by atoms with Crippen LogP contribution in [-0.2, 0) is 19.1 Å². The number of hydrogen-bond donors (Lipinski definition) is 1. The molecule has 0 unspecified atom stereocenters. The van der Waals surface area contributed by atoms with E-state index in [9.17, 15) is 14.4 Å². The molecule has 3 aromatic rings. The third kappa shape index (κ3) is 5.31. The Labute approximate surface area is 225 Å². The number of rotatable bonds is 9. The van der Waals surface area contributed by atoms with Crippen LogP contribution in [0, 0.1) is 0 Å². The van der Waals surface area contributed by atoms with Crippen LogP contribution in [0.1, 0.15) is 30.6 Å². The number of β-lactam (4-membered cyclic amide) rings is 1. The van der Waals surface area contributed by atoms with E-state index in [2.05, 4.69) is 5.32 Å². The number of amides is 2. The number of thioether (sulfide) groups is 1. The second-order valence-electron chi connectivity index (χ2n) is 8.97. The van der Waals surface area contributed by atoms with Gasteiger partial charge in [0.05, 0.1) is 0 Å². The van der Waals surface area contributed by atoms with Gasteiger partial charge in [-0.25, -0.2) is 4.79 Å². The number of fused-ring (bicyclic) bond motifs is 1. The Morgan fingerprint density at radius 2 is 1.53 bits per heavy atom. The van der Waals surface area contributed by atoms with Crippen LogP contribution >= 0.6 is 11.8 Å². The van der Waals surface area contributed by atoms with Crippen LogP contribution in [0.3, 0.4) is 0 Å². The van der Waals surface area contributed by atoms with Gasteiger partial charge in [-0.1, -0.05) is 85.8 Å². The van der Waals surface area contributed by atoms with Gasteiger partial charge < -0.3 is 14.8 Å². The lowest BCUT2D eigenvalue weighted by Crippen LogP contribution is -2.70. The van der Waals surface area contributed by atoms with Crippen LogP contribution in [0.5, 0.6) is 5.75 Å². The molecule has 194 valence electrons. The number of nitrogens with zero attached hydrogens (tertiary/aromatic N) is 1. The molecule has 2 aliphatic heterocycles. The second-order valence-corrected chi connectivity index (χ2v) is 10.1. The molecule has 1 fully saturated rings. The van der Waals surface area contributed by atoms with Crippen LogP contribution in [0.15, 0.2) is 102 Å². The molecule has 7 nitrogen and oxygen atoms in total. The van der Waals surface area contributed by atoms with Gasteiger partial charge in [0.25, 0.3) is 11.8 Å². The average Bonchev–Trinajstić information content (AvgIpc) is 2.98. The van der Waals surface area contributed by atoms with Crippen molar-refractivity contribution in [2.45, 2.75) is 30.9 Å². The topological polar surface area (TPSA) is 84.9 Å². The minimum absolute atomic E-state index is 0.202. The molecule has 5 rings (SSSR count). The van der Waals surface area contributed by atoms with Crippen LogP contribution in [0.2, 0.25) is 0 Å². The Morgan fingerprint density at radius 3 is 2.11 bits per heavy atom. The Balaban J connectivity index is 1.31. The number of ether oxygens (including phenoxy) is 2. The van der Waals surface area contributed by atoms with Gasteiger partial charge in [-0.2, -0.15) is 0 Å². The van der Waals surface area contributed by atoms with E-state index in [0.29, 0.717) is 17.9 Å². The van der Waals surface area contributed by atoms with E-state index in [0.717, 1.165) is 16.7 Å². The molecule has 0 spiro atoms. The van der Waals surface area contributed by atoms with Gasteiger partial charge in [0, 0.05) is 5.75 Å². The first-order valence-corrected chi connectivity index (χ1v) is 13.6. The van der Waals surface area contributed by atoms with Crippen molar-refractivity contribution < 1.29 is 23.9 Å². The number of nitrogens with one attached hydrogen (secondary N) is 1. The molecule has 0 radical (unpaired) electrons. The lowest BCUT2D eigenvalue weighted by atomic mass is 10.00. The predicted molar refractivity (Wildman–Crippen MR) is 145 cm³/mol. The highest BCUT2D eigenvalue weighted by Crippen LogP contribution is 2.42. The van der Waals surface area contributed by atoms with E-state index in [-0.39, 0.29) is 23.6 Å². The minimum atomic E-state index is -0.730.